The van der Waals surface area contributed by atoms with E-state index in [2.05, 4.69) is 11.2 Å². The molecule has 1 aromatic rings. The molecule has 0 unspecified atom stereocenters. The number of hydrogen-bond donors (Lipinski definition) is 1. The summed E-state index contributed by atoms with van der Waals surface area (Å²) in [7, 11) is 1.94. The van der Waals surface area contributed by atoms with E-state index in [1.54, 1.807) is 0 Å². The molecule has 2 rings (SSSR count). The van der Waals surface area contributed by atoms with Crippen molar-refractivity contribution in [3.8, 4) is 0 Å². The summed E-state index contributed by atoms with van der Waals surface area (Å²) in [5, 5.41) is 4.33. The Morgan fingerprint density at radius 2 is 2.21 bits per heavy atom. The SMILES string of the molecule is Cn1ccc(C=C2CCC(N)CC2)n1. The summed E-state index contributed by atoms with van der Waals surface area (Å²) < 4.78 is 1.83. The highest BCUT2D eigenvalue weighted by Crippen LogP contribution is 2.23. The Labute approximate surface area is 84.6 Å². The molecule has 0 spiro atoms. The standard InChI is InChI=1S/C11H17N3/c1-14-7-6-11(13-14)8-9-2-4-10(12)5-3-9/h6-8,10H,2-5,12H2,1H3. The molecule has 1 fully saturated rings. The van der Waals surface area contributed by atoms with Crippen molar-refractivity contribution >= 4 is 6.08 Å². The van der Waals surface area contributed by atoms with Crippen LogP contribution in [0.15, 0.2) is 17.8 Å². The smallest absolute Gasteiger partial charge is 0.0850 e. The van der Waals surface area contributed by atoms with Crippen molar-refractivity contribution in [1.29, 1.82) is 0 Å². The highest BCUT2D eigenvalue weighted by Gasteiger charge is 2.12. The first-order chi connectivity index (χ1) is 6.74. The molecule has 0 aliphatic heterocycles. The van der Waals surface area contributed by atoms with Gasteiger partial charge in [-0.05, 0) is 37.8 Å². The Morgan fingerprint density at radius 1 is 1.50 bits per heavy atom. The molecule has 1 aromatic heterocycles. The van der Waals surface area contributed by atoms with Crippen LogP contribution >= 0.6 is 0 Å². The maximum atomic E-state index is 5.85. The van der Waals surface area contributed by atoms with Crippen LogP contribution in [0.2, 0.25) is 0 Å². The Balaban J connectivity index is 2.04. The minimum atomic E-state index is 0.413. The van der Waals surface area contributed by atoms with Crippen LogP contribution in [0.4, 0.5) is 0 Å². The molecule has 14 heavy (non-hydrogen) atoms. The minimum absolute atomic E-state index is 0.413. The number of allylic oxidation sites excluding steroid dienone is 1. The zero-order valence-corrected chi connectivity index (χ0v) is 8.61. The van der Waals surface area contributed by atoms with Crippen LogP contribution in [0.1, 0.15) is 31.4 Å². The first-order valence-corrected chi connectivity index (χ1v) is 5.19. The van der Waals surface area contributed by atoms with Crippen LogP contribution in [0, 0.1) is 0 Å². The van der Waals surface area contributed by atoms with Gasteiger partial charge in [0.1, 0.15) is 0 Å². The van der Waals surface area contributed by atoms with Crippen molar-refractivity contribution in [2.45, 2.75) is 31.7 Å². The maximum absolute atomic E-state index is 5.85. The van der Waals surface area contributed by atoms with E-state index in [1.165, 1.54) is 5.57 Å². The van der Waals surface area contributed by atoms with Gasteiger partial charge in [-0.2, -0.15) is 5.10 Å². The van der Waals surface area contributed by atoms with Gasteiger partial charge in [-0.15, -0.1) is 0 Å². The first-order valence-electron chi connectivity index (χ1n) is 5.19. The zero-order chi connectivity index (χ0) is 9.97. The number of aromatic nitrogens is 2. The Hall–Kier alpha value is -1.09. The van der Waals surface area contributed by atoms with E-state index < -0.39 is 0 Å². The summed E-state index contributed by atoms with van der Waals surface area (Å²) in [5.41, 5.74) is 8.41. The average Bonchev–Trinajstić information content (AvgIpc) is 2.56. The largest absolute Gasteiger partial charge is 0.328 e. The van der Waals surface area contributed by atoms with Gasteiger partial charge in [0.05, 0.1) is 5.69 Å². The summed E-state index contributed by atoms with van der Waals surface area (Å²) in [6.07, 6.45) is 8.69. The quantitative estimate of drug-likeness (QED) is 0.734. The van der Waals surface area contributed by atoms with E-state index in [1.807, 2.05) is 24.0 Å². The molecule has 1 heterocycles. The van der Waals surface area contributed by atoms with Crippen molar-refractivity contribution in [1.82, 2.24) is 9.78 Å². The lowest BCUT2D eigenvalue weighted by molar-refractivity contribution is 0.514. The van der Waals surface area contributed by atoms with Crippen LogP contribution in [0.5, 0.6) is 0 Å². The van der Waals surface area contributed by atoms with Crippen molar-refractivity contribution in [2.24, 2.45) is 12.8 Å². The molecule has 0 aromatic carbocycles. The summed E-state index contributed by atoms with van der Waals surface area (Å²) in [4.78, 5) is 0. The molecular weight excluding hydrogens is 174 g/mol. The summed E-state index contributed by atoms with van der Waals surface area (Å²) in [5.74, 6) is 0. The molecule has 3 heteroatoms. The molecule has 0 bridgehead atoms. The van der Waals surface area contributed by atoms with Crippen molar-refractivity contribution in [3.05, 3.63) is 23.5 Å². The van der Waals surface area contributed by atoms with Gasteiger partial charge in [-0.25, -0.2) is 0 Å². The van der Waals surface area contributed by atoms with Crippen LogP contribution in [0.3, 0.4) is 0 Å². The number of rotatable bonds is 1. The monoisotopic (exact) mass is 191 g/mol. The third-order valence-corrected chi connectivity index (χ3v) is 2.76. The fraction of sp³-hybridized carbons (Fsp3) is 0.545. The third kappa shape index (κ3) is 2.23. The molecule has 0 atom stereocenters. The van der Waals surface area contributed by atoms with Gasteiger partial charge in [-0.3, -0.25) is 4.68 Å². The Kier molecular flexibility index (Phi) is 2.68. The molecule has 0 amide bonds. The molecule has 1 aliphatic rings. The van der Waals surface area contributed by atoms with Crippen molar-refractivity contribution < 1.29 is 0 Å². The van der Waals surface area contributed by atoms with E-state index in [9.17, 15) is 0 Å². The first kappa shape index (κ1) is 9.46. The van der Waals surface area contributed by atoms with Gasteiger partial charge in [0.2, 0.25) is 0 Å². The molecule has 1 aliphatic carbocycles. The normalized spacial score (nSPS) is 22.4. The summed E-state index contributed by atoms with van der Waals surface area (Å²) in [6, 6.07) is 2.46. The highest BCUT2D eigenvalue weighted by atomic mass is 15.2. The van der Waals surface area contributed by atoms with Crippen LogP contribution < -0.4 is 5.73 Å². The number of nitrogens with two attached hydrogens (primary N) is 1. The second-order valence-electron chi connectivity index (χ2n) is 4.05. The lowest BCUT2D eigenvalue weighted by Crippen LogP contribution is -2.23. The molecule has 0 saturated heterocycles. The van der Waals surface area contributed by atoms with Gasteiger partial charge in [0.25, 0.3) is 0 Å². The second kappa shape index (κ2) is 3.96. The third-order valence-electron chi connectivity index (χ3n) is 2.76. The lowest BCUT2D eigenvalue weighted by atomic mass is 9.91. The lowest BCUT2D eigenvalue weighted by Gasteiger charge is -2.19. The molecule has 2 N–H and O–H groups in total. The molecule has 76 valence electrons. The molecule has 0 radical (unpaired) electrons. The molecular formula is C11H17N3. The number of aryl methyl sites for hydroxylation is 1. The van der Waals surface area contributed by atoms with E-state index in [4.69, 9.17) is 5.73 Å². The highest BCUT2D eigenvalue weighted by molar-refractivity contribution is 5.48. The number of nitrogens with zero attached hydrogens (tertiary/aromatic N) is 2. The Bertz CT molecular complexity index is 328. The topological polar surface area (TPSA) is 43.8 Å². The van der Waals surface area contributed by atoms with E-state index in [0.29, 0.717) is 6.04 Å². The predicted octanol–water partition coefficient (Wildman–Crippen LogP) is 1.70. The zero-order valence-electron chi connectivity index (χ0n) is 8.61. The second-order valence-corrected chi connectivity index (χ2v) is 4.05. The summed E-state index contributed by atoms with van der Waals surface area (Å²) in [6.45, 7) is 0. The van der Waals surface area contributed by atoms with E-state index in [-0.39, 0.29) is 0 Å². The fourth-order valence-electron chi connectivity index (χ4n) is 1.87. The van der Waals surface area contributed by atoms with E-state index in [0.717, 1.165) is 31.4 Å². The van der Waals surface area contributed by atoms with Gasteiger partial charge in [-0.1, -0.05) is 5.57 Å². The minimum Gasteiger partial charge on any atom is -0.328 e. The van der Waals surface area contributed by atoms with Crippen LogP contribution in [-0.4, -0.2) is 15.8 Å². The van der Waals surface area contributed by atoms with Crippen LogP contribution in [-0.2, 0) is 7.05 Å². The molecule has 3 nitrogen and oxygen atoms in total. The molecule has 1 saturated carbocycles. The average molecular weight is 191 g/mol. The van der Waals surface area contributed by atoms with Gasteiger partial charge >= 0.3 is 0 Å². The van der Waals surface area contributed by atoms with Gasteiger partial charge in [0.15, 0.2) is 0 Å². The van der Waals surface area contributed by atoms with E-state index >= 15 is 0 Å². The number of hydrogen-bond acceptors (Lipinski definition) is 2. The van der Waals surface area contributed by atoms with Crippen LogP contribution in [0.25, 0.3) is 6.08 Å². The van der Waals surface area contributed by atoms with Gasteiger partial charge < -0.3 is 5.73 Å². The maximum Gasteiger partial charge on any atom is 0.0850 e. The van der Waals surface area contributed by atoms with Gasteiger partial charge in [0, 0.05) is 19.3 Å². The van der Waals surface area contributed by atoms with Crippen molar-refractivity contribution in [3.63, 3.8) is 0 Å². The summed E-state index contributed by atoms with van der Waals surface area (Å²) >= 11 is 0. The predicted molar refractivity (Wildman–Crippen MR) is 57.6 cm³/mol. The van der Waals surface area contributed by atoms with Crippen molar-refractivity contribution in [2.75, 3.05) is 0 Å². The Morgan fingerprint density at radius 3 is 2.79 bits per heavy atom. The fourth-order valence-corrected chi connectivity index (χ4v) is 1.87.